The molecule has 0 aliphatic heterocycles. The molecule has 4 aromatic rings. The second-order valence-corrected chi connectivity index (χ2v) is 9.53. The van der Waals surface area contributed by atoms with Crippen molar-refractivity contribution in [1.82, 2.24) is 0 Å². The van der Waals surface area contributed by atoms with Gasteiger partial charge < -0.3 is 32.5 Å². The van der Waals surface area contributed by atoms with E-state index in [1.807, 2.05) is 12.1 Å². The van der Waals surface area contributed by atoms with Crippen molar-refractivity contribution < 1.29 is 32.5 Å². The monoisotopic (exact) mass is 566 g/mol. The Kier molecular flexibility index (Phi) is 11.8. The average Bonchev–Trinajstić information content (AvgIpc) is 2.95. The molecule has 9 heteroatoms. The summed E-state index contributed by atoms with van der Waals surface area (Å²) in [5, 5.41) is 1.87. The third-order valence-electron chi connectivity index (χ3n) is 6.37. The lowest BCUT2D eigenvalue weighted by molar-refractivity contribution is 0.00499. The van der Waals surface area contributed by atoms with Crippen LogP contribution < -0.4 is 20.7 Å². The molecule has 41 heavy (non-hydrogen) atoms. The maximum absolute atomic E-state index is 11.6. The fourth-order valence-corrected chi connectivity index (χ4v) is 4.55. The summed E-state index contributed by atoms with van der Waals surface area (Å²) in [6.07, 6.45) is 3.70. The third-order valence-corrected chi connectivity index (χ3v) is 6.37. The van der Waals surface area contributed by atoms with Gasteiger partial charge in [0.25, 0.3) is 0 Å². The van der Waals surface area contributed by atoms with E-state index in [0.717, 1.165) is 47.6 Å². The summed E-state index contributed by atoms with van der Waals surface area (Å²) in [7, 11) is 0. The molecule has 220 valence electrons. The molecule has 4 rings (SSSR count). The minimum Gasteiger partial charge on any atom is -0.491 e. The maximum atomic E-state index is 11.6. The Balaban J connectivity index is 1.06. The zero-order valence-electron chi connectivity index (χ0n) is 23.8. The lowest BCUT2D eigenvalue weighted by Gasteiger charge is -2.11. The largest absolute Gasteiger partial charge is 0.491 e. The van der Waals surface area contributed by atoms with E-state index in [1.165, 1.54) is 12.1 Å². The molecule has 0 radical (unpaired) electrons. The van der Waals surface area contributed by atoms with Gasteiger partial charge in [0.1, 0.15) is 35.9 Å². The molecule has 0 bridgehead atoms. The molecule has 0 unspecified atom stereocenters. The Hall–Kier alpha value is -3.66. The van der Waals surface area contributed by atoms with Crippen molar-refractivity contribution in [3.63, 3.8) is 0 Å². The van der Waals surface area contributed by atoms with Crippen molar-refractivity contribution >= 4 is 21.9 Å². The number of hydrogen-bond acceptors (Lipinski definition) is 9. The number of hydrogen-bond donors (Lipinski definition) is 0. The van der Waals surface area contributed by atoms with Gasteiger partial charge in [-0.25, -0.2) is 9.59 Å². The fourth-order valence-electron chi connectivity index (χ4n) is 4.55. The Morgan fingerprint density at radius 1 is 0.537 bits per heavy atom. The number of aryl methyl sites for hydroxylation is 2. The Morgan fingerprint density at radius 2 is 0.927 bits per heavy atom. The van der Waals surface area contributed by atoms with Crippen molar-refractivity contribution in [1.29, 1.82) is 0 Å². The van der Waals surface area contributed by atoms with Crippen LogP contribution in [0.25, 0.3) is 21.9 Å². The number of ether oxygens (including phenoxy) is 5. The Morgan fingerprint density at radius 3 is 1.32 bits per heavy atom. The summed E-state index contributed by atoms with van der Waals surface area (Å²) in [6.45, 7) is 7.57. The molecule has 0 aliphatic carbocycles. The highest BCUT2D eigenvalue weighted by Gasteiger charge is 2.09. The van der Waals surface area contributed by atoms with Crippen molar-refractivity contribution in [2.24, 2.45) is 0 Å². The van der Waals surface area contributed by atoms with Crippen molar-refractivity contribution in [3.05, 3.63) is 80.5 Å². The van der Waals surface area contributed by atoms with Gasteiger partial charge in [-0.3, -0.25) is 0 Å². The Labute approximate surface area is 238 Å². The molecule has 2 aromatic heterocycles. The van der Waals surface area contributed by atoms with Crippen molar-refractivity contribution in [3.8, 4) is 11.5 Å². The standard InChI is InChI=1S/C32H38O9/c1-3-5-23-19-25(21-29-27(23)7-9-31(33)40-29)38-17-15-36-13-11-35-12-14-37-16-18-39-26-20-24(6-4-2)28-8-10-32(34)41-30(28)22-26/h7-10,19-22H,3-6,11-18H2,1-2H3. The molecule has 0 saturated carbocycles. The highest BCUT2D eigenvalue weighted by molar-refractivity contribution is 5.82. The molecule has 0 N–H and O–H groups in total. The van der Waals surface area contributed by atoms with E-state index in [9.17, 15) is 9.59 Å². The molecular formula is C32H38O9. The van der Waals surface area contributed by atoms with Crippen LogP contribution in [0, 0.1) is 0 Å². The molecular weight excluding hydrogens is 528 g/mol. The first kappa shape index (κ1) is 30.3. The lowest BCUT2D eigenvalue weighted by Crippen LogP contribution is -2.14. The van der Waals surface area contributed by atoms with Crippen LogP contribution in [-0.4, -0.2) is 52.9 Å². The van der Waals surface area contributed by atoms with E-state index in [2.05, 4.69) is 13.8 Å². The van der Waals surface area contributed by atoms with E-state index in [4.69, 9.17) is 32.5 Å². The molecule has 0 aliphatic rings. The first-order valence-electron chi connectivity index (χ1n) is 14.2. The van der Waals surface area contributed by atoms with Crippen molar-refractivity contribution in [2.75, 3.05) is 52.9 Å². The van der Waals surface area contributed by atoms with E-state index in [1.54, 1.807) is 24.3 Å². The first-order valence-corrected chi connectivity index (χ1v) is 14.2. The number of rotatable bonds is 18. The summed E-state index contributed by atoms with van der Waals surface area (Å²) in [4.78, 5) is 23.2. The highest BCUT2D eigenvalue weighted by atomic mass is 16.6. The van der Waals surface area contributed by atoms with E-state index in [-0.39, 0.29) is 11.3 Å². The van der Waals surface area contributed by atoms with Gasteiger partial charge in [0.15, 0.2) is 0 Å². The van der Waals surface area contributed by atoms with Gasteiger partial charge >= 0.3 is 11.3 Å². The molecule has 2 aromatic carbocycles. The summed E-state index contributed by atoms with van der Waals surface area (Å²) >= 11 is 0. The summed E-state index contributed by atoms with van der Waals surface area (Å²) in [5.41, 5.74) is 2.50. The Bertz CT molecular complexity index is 1390. The fraction of sp³-hybridized carbons (Fsp3) is 0.438. The van der Waals surface area contributed by atoms with Crippen LogP contribution in [-0.2, 0) is 27.1 Å². The summed E-state index contributed by atoms with van der Waals surface area (Å²) in [6, 6.07) is 14.0. The van der Waals surface area contributed by atoms with Gasteiger partial charge in [0, 0.05) is 35.0 Å². The van der Waals surface area contributed by atoms with Crippen molar-refractivity contribution in [2.45, 2.75) is 39.5 Å². The zero-order chi connectivity index (χ0) is 28.9. The van der Waals surface area contributed by atoms with Gasteiger partial charge in [0.2, 0.25) is 0 Å². The smallest absolute Gasteiger partial charge is 0.336 e. The van der Waals surface area contributed by atoms with Crippen LogP contribution in [0.4, 0.5) is 0 Å². The predicted molar refractivity (Wildman–Crippen MR) is 156 cm³/mol. The van der Waals surface area contributed by atoms with E-state index < -0.39 is 0 Å². The molecule has 0 amide bonds. The van der Waals surface area contributed by atoms with Crippen LogP contribution >= 0.6 is 0 Å². The predicted octanol–water partition coefficient (Wildman–Crippen LogP) is 5.31. The molecule has 0 saturated heterocycles. The van der Waals surface area contributed by atoms with E-state index in [0.29, 0.717) is 75.5 Å². The average molecular weight is 567 g/mol. The van der Waals surface area contributed by atoms with Gasteiger partial charge in [0.05, 0.1) is 39.6 Å². The van der Waals surface area contributed by atoms with Crippen LogP contribution in [0.3, 0.4) is 0 Å². The quantitative estimate of drug-likeness (QED) is 0.117. The first-order chi connectivity index (χ1) is 20.1. The number of fused-ring (bicyclic) bond motifs is 2. The van der Waals surface area contributed by atoms with E-state index >= 15 is 0 Å². The SMILES string of the molecule is CCCc1cc(OCCOCCOCCOCCOc2cc(CCC)c3ccc(=O)oc3c2)cc2oc(=O)ccc12. The minimum absolute atomic E-state index is 0.376. The van der Waals surface area contributed by atoms with Crippen LogP contribution in [0.15, 0.2) is 67.0 Å². The normalized spacial score (nSPS) is 11.4. The maximum Gasteiger partial charge on any atom is 0.336 e. The van der Waals surface area contributed by atoms with Gasteiger partial charge in [-0.15, -0.1) is 0 Å². The molecule has 0 fully saturated rings. The van der Waals surface area contributed by atoms with Crippen LogP contribution in [0.2, 0.25) is 0 Å². The zero-order valence-corrected chi connectivity index (χ0v) is 23.8. The van der Waals surface area contributed by atoms with Gasteiger partial charge in [-0.05, 0) is 48.2 Å². The van der Waals surface area contributed by atoms with Crippen LogP contribution in [0.5, 0.6) is 11.5 Å². The third kappa shape index (κ3) is 9.18. The van der Waals surface area contributed by atoms with Gasteiger partial charge in [-0.1, -0.05) is 26.7 Å². The summed E-state index contributed by atoms with van der Waals surface area (Å²) < 4.78 is 39.0. The molecule has 0 atom stereocenters. The summed E-state index contributed by atoms with van der Waals surface area (Å²) in [5.74, 6) is 1.31. The molecule has 2 heterocycles. The number of benzene rings is 2. The van der Waals surface area contributed by atoms with Gasteiger partial charge in [-0.2, -0.15) is 0 Å². The molecule has 9 nitrogen and oxygen atoms in total. The lowest BCUT2D eigenvalue weighted by atomic mass is 10.0. The highest BCUT2D eigenvalue weighted by Crippen LogP contribution is 2.27. The second-order valence-electron chi connectivity index (χ2n) is 9.53. The topological polar surface area (TPSA) is 107 Å². The minimum atomic E-state index is -0.376. The molecule has 0 spiro atoms. The second kappa shape index (κ2) is 16.0. The van der Waals surface area contributed by atoms with Crippen LogP contribution in [0.1, 0.15) is 37.8 Å².